The molecule has 0 fully saturated rings. The van der Waals surface area contributed by atoms with Crippen molar-refractivity contribution in [1.82, 2.24) is 9.55 Å². The molecule has 0 amide bonds. The normalized spacial score (nSPS) is 12.4. The lowest BCUT2D eigenvalue weighted by molar-refractivity contribution is 0.124. The first-order chi connectivity index (χ1) is 7.77. The predicted octanol–water partition coefficient (Wildman–Crippen LogP) is 3.08. The van der Waals surface area contributed by atoms with Gasteiger partial charge < -0.3 is 4.74 Å². The lowest BCUT2D eigenvalue weighted by atomic mass is 10.0. The third kappa shape index (κ3) is 4.04. The van der Waals surface area contributed by atoms with E-state index in [1.165, 1.54) is 23.7 Å². The maximum Gasteiger partial charge on any atom is 0.419 e. The van der Waals surface area contributed by atoms with E-state index < -0.39 is 0 Å². The summed E-state index contributed by atoms with van der Waals surface area (Å²) in [7, 11) is 0. The second-order valence-corrected chi connectivity index (χ2v) is 3.96. The Bertz CT molecular complexity index is 296. The van der Waals surface area contributed by atoms with Crippen molar-refractivity contribution in [3.05, 3.63) is 18.7 Å². The molecule has 0 saturated heterocycles. The Morgan fingerprint density at radius 3 is 2.88 bits per heavy atom. The number of hydrogen-bond acceptors (Lipinski definition) is 3. The largest absolute Gasteiger partial charge is 0.449 e. The Morgan fingerprint density at radius 1 is 1.50 bits per heavy atom. The van der Waals surface area contributed by atoms with Crippen LogP contribution in [0.5, 0.6) is 0 Å². The van der Waals surface area contributed by atoms with Crippen molar-refractivity contribution in [3.63, 3.8) is 0 Å². The first-order valence-corrected chi connectivity index (χ1v) is 5.93. The molecular weight excluding hydrogens is 204 g/mol. The van der Waals surface area contributed by atoms with Gasteiger partial charge in [-0.3, -0.25) is 0 Å². The van der Waals surface area contributed by atoms with Crippen molar-refractivity contribution in [2.24, 2.45) is 5.92 Å². The second-order valence-electron chi connectivity index (χ2n) is 3.96. The van der Waals surface area contributed by atoms with Crippen molar-refractivity contribution < 1.29 is 9.53 Å². The van der Waals surface area contributed by atoms with Crippen molar-refractivity contribution in [2.45, 2.75) is 39.5 Å². The Balaban J connectivity index is 2.29. The van der Waals surface area contributed by atoms with Crippen LogP contribution in [0, 0.1) is 5.92 Å². The highest BCUT2D eigenvalue weighted by Gasteiger charge is 2.10. The molecule has 90 valence electrons. The number of carbonyl (C=O) groups is 1. The molecule has 16 heavy (non-hydrogen) atoms. The number of unbranched alkanes of at least 4 members (excludes halogenated alkanes) is 1. The summed E-state index contributed by atoms with van der Waals surface area (Å²) >= 11 is 0. The molecule has 0 aliphatic heterocycles. The van der Waals surface area contributed by atoms with Crippen LogP contribution in [0.25, 0.3) is 0 Å². The fraction of sp³-hybridized carbons (Fsp3) is 0.667. The van der Waals surface area contributed by atoms with E-state index in [2.05, 4.69) is 18.8 Å². The zero-order valence-corrected chi connectivity index (χ0v) is 10.1. The summed E-state index contributed by atoms with van der Waals surface area (Å²) in [6.45, 7) is 4.81. The molecule has 1 rings (SSSR count). The first kappa shape index (κ1) is 12.7. The topological polar surface area (TPSA) is 44.1 Å². The monoisotopic (exact) mass is 224 g/mol. The maximum atomic E-state index is 11.5. The standard InChI is InChI=1S/C12H20N2O2/c1-3-5-6-11(4-2)9-16-12(15)14-8-7-13-10-14/h7-8,10-11H,3-6,9H2,1-2H3. The average Bonchev–Trinajstić information content (AvgIpc) is 2.82. The summed E-state index contributed by atoms with van der Waals surface area (Å²) in [4.78, 5) is 15.3. The summed E-state index contributed by atoms with van der Waals surface area (Å²) < 4.78 is 6.57. The molecule has 1 aromatic heterocycles. The molecule has 0 N–H and O–H groups in total. The number of carbonyl (C=O) groups excluding carboxylic acids is 1. The molecule has 0 bridgehead atoms. The zero-order chi connectivity index (χ0) is 11.8. The average molecular weight is 224 g/mol. The van der Waals surface area contributed by atoms with Gasteiger partial charge in [-0.25, -0.2) is 14.3 Å². The van der Waals surface area contributed by atoms with Gasteiger partial charge in [0.1, 0.15) is 6.33 Å². The molecule has 1 unspecified atom stereocenters. The minimum atomic E-state index is -0.340. The third-order valence-electron chi connectivity index (χ3n) is 2.70. The van der Waals surface area contributed by atoms with Crippen LogP contribution in [-0.2, 0) is 4.74 Å². The lowest BCUT2D eigenvalue weighted by Crippen LogP contribution is -2.17. The van der Waals surface area contributed by atoms with Crippen molar-refractivity contribution in [3.8, 4) is 0 Å². The highest BCUT2D eigenvalue weighted by Crippen LogP contribution is 2.13. The van der Waals surface area contributed by atoms with Crippen LogP contribution in [-0.4, -0.2) is 22.3 Å². The highest BCUT2D eigenvalue weighted by molar-refractivity contribution is 5.69. The SMILES string of the molecule is CCCCC(CC)COC(=O)n1ccnc1. The van der Waals surface area contributed by atoms with Crippen LogP contribution in [0.3, 0.4) is 0 Å². The van der Waals surface area contributed by atoms with Crippen LogP contribution in [0.4, 0.5) is 4.79 Å². The predicted molar refractivity (Wildman–Crippen MR) is 62.3 cm³/mol. The number of rotatable bonds is 6. The molecule has 0 aliphatic rings. The van der Waals surface area contributed by atoms with Crippen LogP contribution in [0.2, 0.25) is 0 Å². The Labute approximate surface area is 96.6 Å². The minimum absolute atomic E-state index is 0.340. The van der Waals surface area contributed by atoms with Gasteiger partial charge in [-0.2, -0.15) is 0 Å². The van der Waals surface area contributed by atoms with E-state index in [1.54, 1.807) is 12.4 Å². The van der Waals surface area contributed by atoms with Gasteiger partial charge in [0.2, 0.25) is 0 Å². The fourth-order valence-corrected chi connectivity index (χ4v) is 1.53. The van der Waals surface area contributed by atoms with Crippen LogP contribution >= 0.6 is 0 Å². The van der Waals surface area contributed by atoms with Gasteiger partial charge in [-0.1, -0.05) is 33.1 Å². The summed E-state index contributed by atoms with van der Waals surface area (Å²) in [5.41, 5.74) is 0. The van der Waals surface area contributed by atoms with Gasteiger partial charge in [-0.15, -0.1) is 0 Å². The van der Waals surface area contributed by atoms with Crippen LogP contribution < -0.4 is 0 Å². The number of nitrogens with zero attached hydrogens (tertiary/aromatic N) is 2. The molecule has 0 aliphatic carbocycles. The number of ether oxygens (including phenoxy) is 1. The fourth-order valence-electron chi connectivity index (χ4n) is 1.53. The second kappa shape index (κ2) is 7.04. The maximum absolute atomic E-state index is 11.5. The number of imidazole rings is 1. The van der Waals surface area contributed by atoms with Gasteiger partial charge in [0.25, 0.3) is 0 Å². The molecule has 0 aromatic carbocycles. The van der Waals surface area contributed by atoms with Gasteiger partial charge in [-0.05, 0) is 12.3 Å². The molecule has 0 spiro atoms. The van der Waals surface area contributed by atoms with Crippen molar-refractivity contribution in [2.75, 3.05) is 6.61 Å². The number of aromatic nitrogens is 2. The Hall–Kier alpha value is -1.32. The molecule has 4 nitrogen and oxygen atoms in total. The third-order valence-corrected chi connectivity index (χ3v) is 2.70. The van der Waals surface area contributed by atoms with Gasteiger partial charge in [0.15, 0.2) is 0 Å². The van der Waals surface area contributed by atoms with E-state index in [9.17, 15) is 4.79 Å². The van der Waals surface area contributed by atoms with E-state index in [1.807, 2.05) is 0 Å². The van der Waals surface area contributed by atoms with E-state index >= 15 is 0 Å². The highest BCUT2D eigenvalue weighted by atomic mass is 16.5. The number of hydrogen-bond donors (Lipinski definition) is 0. The van der Waals surface area contributed by atoms with E-state index in [4.69, 9.17) is 4.74 Å². The van der Waals surface area contributed by atoms with E-state index in [-0.39, 0.29) is 6.09 Å². The zero-order valence-electron chi connectivity index (χ0n) is 10.1. The summed E-state index contributed by atoms with van der Waals surface area (Å²) in [6.07, 6.45) is 8.84. The van der Waals surface area contributed by atoms with Crippen LogP contribution in [0.1, 0.15) is 39.5 Å². The van der Waals surface area contributed by atoms with E-state index in [0.29, 0.717) is 12.5 Å². The molecule has 0 saturated carbocycles. The van der Waals surface area contributed by atoms with Gasteiger partial charge >= 0.3 is 6.09 Å². The summed E-state index contributed by atoms with van der Waals surface area (Å²) in [5.74, 6) is 0.479. The summed E-state index contributed by atoms with van der Waals surface area (Å²) in [5, 5.41) is 0. The minimum Gasteiger partial charge on any atom is -0.449 e. The van der Waals surface area contributed by atoms with Crippen molar-refractivity contribution >= 4 is 6.09 Å². The molecule has 1 atom stereocenters. The first-order valence-electron chi connectivity index (χ1n) is 5.93. The van der Waals surface area contributed by atoms with Gasteiger partial charge in [0.05, 0.1) is 6.61 Å². The Morgan fingerprint density at radius 2 is 2.31 bits per heavy atom. The van der Waals surface area contributed by atoms with Crippen molar-refractivity contribution in [1.29, 1.82) is 0 Å². The Kier molecular flexibility index (Phi) is 5.61. The van der Waals surface area contributed by atoms with E-state index in [0.717, 1.165) is 12.8 Å². The lowest BCUT2D eigenvalue weighted by Gasteiger charge is -2.14. The summed E-state index contributed by atoms with van der Waals surface area (Å²) in [6, 6.07) is 0. The molecule has 4 heteroatoms. The smallest absolute Gasteiger partial charge is 0.419 e. The van der Waals surface area contributed by atoms with Crippen LogP contribution in [0.15, 0.2) is 18.7 Å². The molecule has 0 radical (unpaired) electrons. The molecular formula is C12H20N2O2. The molecule has 1 heterocycles. The van der Waals surface area contributed by atoms with Gasteiger partial charge in [0, 0.05) is 12.4 Å². The molecule has 1 aromatic rings. The quantitative estimate of drug-likeness (QED) is 0.745.